The maximum atomic E-state index is 12.9. The highest BCUT2D eigenvalue weighted by molar-refractivity contribution is 7.89. The quantitative estimate of drug-likeness (QED) is 0.514. The number of morpholine rings is 1. The number of nitrogens with zero attached hydrogens (tertiary/aromatic N) is 2. The van der Waals surface area contributed by atoms with Gasteiger partial charge in [-0.25, -0.2) is 12.8 Å². The van der Waals surface area contributed by atoms with Gasteiger partial charge in [0.15, 0.2) is 12.4 Å². The molecule has 0 aromatic heterocycles. The summed E-state index contributed by atoms with van der Waals surface area (Å²) in [6.45, 7) is 0.223. The molecule has 0 radical (unpaired) electrons. The van der Waals surface area contributed by atoms with Crippen LogP contribution in [0.4, 0.5) is 15.8 Å². The second-order valence-electron chi connectivity index (χ2n) is 6.25. The fourth-order valence-corrected chi connectivity index (χ4v) is 4.16. The molecule has 1 saturated heterocycles. The average molecular weight is 439 g/mol. The van der Waals surface area contributed by atoms with E-state index in [9.17, 15) is 27.7 Å². The molecule has 160 valence electrons. The van der Waals surface area contributed by atoms with Gasteiger partial charge < -0.3 is 14.8 Å². The Kier molecular flexibility index (Phi) is 6.59. The fourth-order valence-electron chi connectivity index (χ4n) is 2.73. The number of amides is 1. The van der Waals surface area contributed by atoms with E-state index in [0.717, 1.165) is 24.3 Å². The third-order valence-electron chi connectivity index (χ3n) is 4.22. The molecule has 0 spiro atoms. The summed E-state index contributed by atoms with van der Waals surface area (Å²) in [5.74, 6) is -1.34. The summed E-state index contributed by atoms with van der Waals surface area (Å²) in [5, 5.41) is 13.9. The van der Waals surface area contributed by atoms with Crippen LogP contribution in [0, 0.1) is 15.9 Å². The van der Waals surface area contributed by atoms with Crippen LogP contribution in [0.1, 0.15) is 0 Å². The maximum absolute atomic E-state index is 12.9. The molecule has 1 aliphatic rings. The minimum Gasteiger partial charge on any atom is -0.477 e. The van der Waals surface area contributed by atoms with E-state index >= 15 is 0 Å². The molecule has 3 rings (SSSR count). The van der Waals surface area contributed by atoms with Crippen molar-refractivity contribution in [2.45, 2.75) is 4.90 Å². The molecule has 0 saturated carbocycles. The first-order chi connectivity index (χ1) is 14.3. The second-order valence-corrected chi connectivity index (χ2v) is 8.18. The fraction of sp³-hybridized carbons (Fsp3) is 0.278. The van der Waals surface area contributed by atoms with Crippen LogP contribution in [-0.2, 0) is 19.6 Å². The van der Waals surface area contributed by atoms with E-state index in [4.69, 9.17) is 9.47 Å². The lowest BCUT2D eigenvalue weighted by Crippen LogP contribution is -2.40. The first kappa shape index (κ1) is 21.6. The molecule has 1 aliphatic heterocycles. The minimum atomic E-state index is -3.93. The van der Waals surface area contributed by atoms with Crippen LogP contribution < -0.4 is 10.1 Å². The van der Waals surface area contributed by atoms with Gasteiger partial charge in [-0.15, -0.1) is 0 Å². The van der Waals surface area contributed by atoms with Crippen LogP contribution in [0.5, 0.6) is 5.75 Å². The van der Waals surface area contributed by atoms with Gasteiger partial charge in [-0.1, -0.05) is 0 Å². The van der Waals surface area contributed by atoms with Crippen molar-refractivity contribution in [2.24, 2.45) is 0 Å². The topological polar surface area (TPSA) is 128 Å². The third kappa shape index (κ3) is 5.09. The predicted octanol–water partition coefficient (Wildman–Crippen LogP) is 1.77. The summed E-state index contributed by atoms with van der Waals surface area (Å²) in [6.07, 6.45) is 0. The Bertz CT molecular complexity index is 1040. The summed E-state index contributed by atoms with van der Waals surface area (Å²) in [4.78, 5) is 22.3. The number of hydrogen-bond acceptors (Lipinski definition) is 7. The highest BCUT2D eigenvalue weighted by Gasteiger charge is 2.29. The number of anilines is 1. The Hall–Kier alpha value is -3.09. The lowest BCUT2D eigenvalue weighted by molar-refractivity contribution is -0.386. The van der Waals surface area contributed by atoms with E-state index in [-0.39, 0.29) is 36.9 Å². The molecule has 2 aromatic rings. The van der Waals surface area contributed by atoms with Crippen molar-refractivity contribution in [1.29, 1.82) is 0 Å². The van der Waals surface area contributed by atoms with Crippen LogP contribution in [0.25, 0.3) is 0 Å². The molecule has 1 N–H and O–H groups in total. The van der Waals surface area contributed by atoms with Gasteiger partial charge in [0.25, 0.3) is 5.91 Å². The normalized spacial score (nSPS) is 14.8. The zero-order chi connectivity index (χ0) is 21.7. The maximum Gasteiger partial charge on any atom is 0.312 e. The van der Waals surface area contributed by atoms with E-state index in [0.29, 0.717) is 5.69 Å². The number of benzene rings is 2. The molecule has 10 nitrogen and oxygen atoms in total. The molecule has 0 bridgehead atoms. The van der Waals surface area contributed by atoms with Gasteiger partial charge in [0.05, 0.1) is 23.0 Å². The van der Waals surface area contributed by atoms with Gasteiger partial charge in [-0.05, 0) is 36.4 Å². The number of sulfonamides is 1. The largest absolute Gasteiger partial charge is 0.477 e. The number of halogens is 1. The number of hydrogen-bond donors (Lipinski definition) is 1. The van der Waals surface area contributed by atoms with Gasteiger partial charge in [-0.3, -0.25) is 14.9 Å². The lowest BCUT2D eigenvalue weighted by Gasteiger charge is -2.26. The predicted molar refractivity (Wildman–Crippen MR) is 103 cm³/mol. The second kappa shape index (κ2) is 9.15. The zero-order valence-electron chi connectivity index (χ0n) is 15.6. The number of nitro benzene ring substituents is 1. The van der Waals surface area contributed by atoms with Crippen molar-refractivity contribution in [3.05, 3.63) is 58.4 Å². The van der Waals surface area contributed by atoms with E-state index < -0.39 is 39.0 Å². The lowest BCUT2D eigenvalue weighted by atomic mass is 10.3. The van der Waals surface area contributed by atoms with Crippen molar-refractivity contribution < 1.29 is 32.0 Å². The Morgan fingerprint density at radius 2 is 1.87 bits per heavy atom. The van der Waals surface area contributed by atoms with Gasteiger partial charge in [0, 0.05) is 24.8 Å². The number of carbonyl (C=O) groups is 1. The number of ether oxygens (including phenoxy) is 2. The molecule has 1 amide bonds. The van der Waals surface area contributed by atoms with Crippen molar-refractivity contribution in [3.63, 3.8) is 0 Å². The Morgan fingerprint density at radius 3 is 2.50 bits per heavy atom. The summed E-state index contributed by atoms with van der Waals surface area (Å²) in [6, 6.07) is 8.24. The van der Waals surface area contributed by atoms with Crippen LogP contribution >= 0.6 is 0 Å². The number of carbonyl (C=O) groups excluding carboxylic acids is 1. The van der Waals surface area contributed by atoms with Crippen molar-refractivity contribution in [3.8, 4) is 5.75 Å². The standard InChI is InChI=1S/C18H18FN3O7S/c19-13-1-3-14(4-2-13)20-18(23)12-29-17-6-5-15(11-16(17)22(24)25)30(26,27)21-7-9-28-10-8-21/h1-6,11H,7-10,12H2,(H,20,23). The van der Waals surface area contributed by atoms with Gasteiger partial charge >= 0.3 is 5.69 Å². The van der Waals surface area contributed by atoms with Crippen molar-refractivity contribution in [1.82, 2.24) is 4.31 Å². The molecule has 0 unspecified atom stereocenters. The summed E-state index contributed by atoms with van der Waals surface area (Å²) in [5.41, 5.74) is -0.259. The number of nitro groups is 1. The van der Waals surface area contributed by atoms with Crippen LogP contribution in [-0.4, -0.2) is 56.5 Å². The van der Waals surface area contributed by atoms with Gasteiger partial charge in [0.1, 0.15) is 5.82 Å². The molecular weight excluding hydrogens is 421 g/mol. The summed E-state index contributed by atoms with van der Waals surface area (Å²) >= 11 is 0. The first-order valence-corrected chi connectivity index (χ1v) is 10.3. The average Bonchev–Trinajstić information content (AvgIpc) is 2.74. The van der Waals surface area contributed by atoms with Crippen LogP contribution in [0.3, 0.4) is 0 Å². The molecule has 0 atom stereocenters. The van der Waals surface area contributed by atoms with E-state index in [2.05, 4.69) is 5.32 Å². The van der Waals surface area contributed by atoms with E-state index in [1.807, 2.05) is 0 Å². The number of nitrogens with one attached hydrogen (secondary N) is 1. The van der Waals surface area contributed by atoms with E-state index in [1.165, 1.54) is 22.5 Å². The molecule has 2 aromatic carbocycles. The smallest absolute Gasteiger partial charge is 0.312 e. The molecule has 1 fully saturated rings. The van der Waals surface area contributed by atoms with Gasteiger partial charge in [-0.2, -0.15) is 4.31 Å². The Balaban J connectivity index is 1.72. The van der Waals surface area contributed by atoms with Crippen molar-refractivity contribution in [2.75, 3.05) is 38.2 Å². The summed E-state index contributed by atoms with van der Waals surface area (Å²) in [7, 11) is -3.93. The van der Waals surface area contributed by atoms with Crippen LogP contribution in [0.2, 0.25) is 0 Å². The third-order valence-corrected chi connectivity index (χ3v) is 6.12. The monoisotopic (exact) mass is 439 g/mol. The highest BCUT2D eigenvalue weighted by atomic mass is 32.2. The summed E-state index contributed by atoms with van der Waals surface area (Å²) < 4.78 is 49.8. The zero-order valence-corrected chi connectivity index (χ0v) is 16.4. The Labute approximate surface area is 171 Å². The van der Waals surface area contributed by atoms with Crippen molar-refractivity contribution >= 4 is 27.3 Å². The molecule has 30 heavy (non-hydrogen) atoms. The molecule has 0 aliphatic carbocycles. The molecular formula is C18H18FN3O7S. The SMILES string of the molecule is O=C(COc1ccc(S(=O)(=O)N2CCOCC2)cc1[N+](=O)[O-])Nc1ccc(F)cc1. The minimum absolute atomic E-state index is 0.151. The molecule has 12 heteroatoms. The van der Waals surface area contributed by atoms with E-state index in [1.54, 1.807) is 0 Å². The molecule has 1 heterocycles. The van der Waals surface area contributed by atoms with Gasteiger partial charge in [0.2, 0.25) is 10.0 Å². The van der Waals surface area contributed by atoms with Crippen LogP contribution in [0.15, 0.2) is 47.4 Å². The highest BCUT2D eigenvalue weighted by Crippen LogP contribution is 2.31. The number of rotatable bonds is 7. The Morgan fingerprint density at radius 1 is 1.20 bits per heavy atom. The first-order valence-electron chi connectivity index (χ1n) is 8.82.